The number of carbonyl (C=O) groups is 1. The maximum Gasteiger partial charge on any atom is 0.293 e. The van der Waals surface area contributed by atoms with Gasteiger partial charge in [0.15, 0.2) is 0 Å². The molecule has 2 aromatic rings. The molecule has 0 heterocycles. The Balaban J connectivity index is 2.11. The molecule has 0 aliphatic heterocycles. The van der Waals surface area contributed by atoms with E-state index in [4.69, 9.17) is 9.47 Å². The Morgan fingerprint density at radius 2 is 1.96 bits per heavy atom. The molecule has 25 heavy (non-hydrogen) atoms. The van der Waals surface area contributed by atoms with Crippen LogP contribution in [0, 0.1) is 17.0 Å². The normalized spacial score (nSPS) is 10.2. The van der Waals surface area contributed by atoms with Gasteiger partial charge in [-0.05, 0) is 42.7 Å². The fourth-order valence-corrected chi connectivity index (χ4v) is 2.49. The fourth-order valence-electron chi connectivity index (χ4n) is 2.49. The highest BCUT2D eigenvalue weighted by molar-refractivity contribution is 5.94. The van der Waals surface area contributed by atoms with Crippen molar-refractivity contribution >= 4 is 17.3 Å². The number of aryl methyl sites for hydroxylation is 2. The van der Waals surface area contributed by atoms with Crippen LogP contribution >= 0.6 is 0 Å². The van der Waals surface area contributed by atoms with E-state index in [2.05, 4.69) is 5.32 Å². The van der Waals surface area contributed by atoms with Crippen molar-refractivity contribution in [3.05, 3.63) is 57.6 Å². The Labute approximate surface area is 145 Å². The molecule has 7 heteroatoms. The van der Waals surface area contributed by atoms with E-state index in [-0.39, 0.29) is 23.7 Å². The molecule has 0 aromatic heterocycles. The first-order valence-electron chi connectivity index (χ1n) is 7.71. The summed E-state index contributed by atoms with van der Waals surface area (Å²) in [5, 5.41) is 13.8. The topological polar surface area (TPSA) is 90.7 Å². The van der Waals surface area contributed by atoms with Crippen LogP contribution < -0.4 is 14.8 Å². The third-order valence-corrected chi connectivity index (χ3v) is 3.82. The summed E-state index contributed by atoms with van der Waals surface area (Å²) in [5.74, 6) is 1.03. The summed E-state index contributed by atoms with van der Waals surface area (Å²) in [7, 11) is 3.12. The van der Waals surface area contributed by atoms with Crippen molar-refractivity contribution < 1.29 is 19.2 Å². The molecule has 132 valence electrons. The van der Waals surface area contributed by atoms with Crippen LogP contribution in [0.15, 0.2) is 36.4 Å². The number of benzene rings is 2. The average Bonchev–Trinajstić information content (AvgIpc) is 2.61. The van der Waals surface area contributed by atoms with Gasteiger partial charge < -0.3 is 14.8 Å². The maximum atomic E-state index is 12.3. The zero-order chi connectivity index (χ0) is 18.4. The monoisotopic (exact) mass is 344 g/mol. The van der Waals surface area contributed by atoms with Gasteiger partial charge in [-0.15, -0.1) is 0 Å². The van der Waals surface area contributed by atoms with Crippen molar-refractivity contribution in [3.63, 3.8) is 0 Å². The first-order valence-corrected chi connectivity index (χ1v) is 7.71. The predicted molar refractivity (Wildman–Crippen MR) is 94.3 cm³/mol. The van der Waals surface area contributed by atoms with Crippen molar-refractivity contribution in [1.29, 1.82) is 0 Å². The lowest BCUT2D eigenvalue weighted by Crippen LogP contribution is -2.14. The summed E-state index contributed by atoms with van der Waals surface area (Å²) in [6, 6.07) is 10.0. The number of ether oxygens (including phenoxy) is 2. The van der Waals surface area contributed by atoms with E-state index in [0.717, 1.165) is 5.56 Å². The summed E-state index contributed by atoms with van der Waals surface area (Å²) >= 11 is 0. The van der Waals surface area contributed by atoms with Crippen LogP contribution in [0.3, 0.4) is 0 Å². The Kier molecular flexibility index (Phi) is 5.94. The van der Waals surface area contributed by atoms with Crippen molar-refractivity contribution in [2.45, 2.75) is 19.8 Å². The number of hydrogen-bond acceptors (Lipinski definition) is 5. The SMILES string of the molecule is COc1ccc(OC)c(CCC(=O)Nc2c(C)cccc2[N+](=O)[O-])c1. The number of amides is 1. The van der Waals surface area contributed by atoms with Crippen LogP contribution in [0.2, 0.25) is 0 Å². The largest absolute Gasteiger partial charge is 0.497 e. The van der Waals surface area contributed by atoms with Crippen LogP contribution in [0.1, 0.15) is 17.5 Å². The molecule has 2 rings (SSSR count). The van der Waals surface area contributed by atoms with Gasteiger partial charge in [-0.3, -0.25) is 14.9 Å². The Morgan fingerprint density at radius 1 is 1.20 bits per heavy atom. The molecule has 0 bridgehead atoms. The van der Waals surface area contributed by atoms with E-state index >= 15 is 0 Å². The molecule has 7 nitrogen and oxygen atoms in total. The van der Waals surface area contributed by atoms with Crippen molar-refractivity contribution in [2.75, 3.05) is 19.5 Å². The smallest absolute Gasteiger partial charge is 0.293 e. The van der Waals surface area contributed by atoms with Crippen LogP contribution in [0.5, 0.6) is 11.5 Å². The van der Waals surface area contributed by atoms with E-state index in [9.17, 15) is 14.9 Å². The highest BCUT2D eigenvalue weighted by atomic mass is 16.6. The van der Waals surface area contributed by atoms with E-state index < -0.39 is 4.92 Å². The summed E-state index contributed by atoms with van der Waals surface area (Å²) in [4.78, 5) is 22.9. The molecular formula is C18H20N2O5. The highest BCUT2D eigenvalue weighted by Crippen LogP contribution is 2.28. The minimum atomic E-state index is -0.506. The third kappa shape index (κ3) is 4.47. The summed E-state index contributed by atoms with van der Waals surface area (Å²) in [6.07, 6.45) is 0.584. The molecule has 0 atom stereocenters. The number of nitrogens with one attached hydrogen (secondary N) is 1. The molecule has 0 aliphatic rings. The zero-order valence-electron chi connectivity index (χ0n) is 14.4. The van der Waals surface area contributed by atoms with Gasteiger partial charge in [-0.25, -0.2) is 0 Å². The third-order valence-electron chi connectivity index (χ3n) is 3.82. The van der Waals surface area contributed by atoms with Crippen molar-refractivity contribution in [2.24, 2.45) is 0 Å². The van der Waals surface area contributed by atoms with E-state index in [0.29, 0.717) is 23.5 Å². The van der Waals surface area contributed by atoms with Gasteiger partial charge in [0, 0.05) is 12.5 Å². The zero-order valence-corrected chi connectivity index (χ0v) is 14.4. The summed E-state index contributed by atoms with van der Waals surface area (Å²) < 4.78 is 10.5. The minimum Gasteiger partial charge on any atom is -0.497 e. The second-order valence-electron chi connectivity index (χ2n) is 5.45. The standard InChI is InChI=1S/C18H20N2O5/c1-12-5-4-6-15(20(22)23)18(12)19-17(21)10-7-13-11-14(24-2)8-9-16(13)25-3/h4-6,8-9,11H,7,10H2,1-3H3,(H,19,21). The number of para-hydroxylation sites is 1. The van der Waals surface area contributed by atoms with Crippen LogP contribution in [-0.2, 0) is 11.2 Å². The molecule has 0 fully saturated rings. The van der Waals surface area contributed by atoms with Gasteiger partial charge in [0.25, 0.3) is 5.69 Å². The number of carbonyl (C=O) groups excluding carboxylic acids is 1. The molecule has 1 amide bonds. The van der Waals surface area contributed by atoms with Gasteiger partial charge in [0.1, 0.15) is 17.2 Å². The number of rotatable bonds is 7. The number of hydrogen-bond donors (Lipinski definition) is 1. The predicted octanol–water partition coefficient (Wildman–Crippen LogP) is 3.49. The van der Waals surface area contributed by atoms with Gasteiger partial charge in [-0.2, -0.15) is 0 Å². The molecule has 2 aromatic carbocycles. The molecule has 0 radical (unpaired) electrons. The van der Waals surface area contributed by atoms with Gasteiger partial charge >= 0.3 is 0 Å². The van der Waals surface area contributed by atoms with Crippen LogP contribution in [0.4, 0.5) is 11.4 Å². The molecule has 1 N–H and O–H groups in total. The summed E-state index contributed by atoms with van der Waals surface area (Å²) in [5.41, 5.74) is 1.58. The highest BCUT2D eigenvalue weighted by Gasteiger charge is 2.18. The average molecular weight is 344 g/mol. The molecule has 0 saturated carbocycles. The Hall–Kier alpha value is -3.09. The van der Waals surface area contributed by atoms with Crippen molar-refractivity contribution in [1.82, 2.24) is 0 Å². The van der Waals surface area contributed by atoms with E-state index in [1.807, 2.05) is 6.07 Å². The van der Waals surface area contributed by atoms with Gasteiger partial charge in [0.05, 0.1) is 19.1 Å². The van der Waals surface area contributed by atoms with Gasteiger partial charge in [0.2, 0.25) is 5.91 Å². The van der Waals surface area contributed by atoms with E-state index in [1.165, 1.54) is 6.07 Å². The first kappa shape index (κ1) is 18.3. The second-order valence-corrected chi connectivity index (χ2v) is 5.45. The molecule has 0 aliphatic carbocycles. The molecular weight excluding hydrogens is 324 g/mol. The second kappa shape index (κ2) is 8.14. The van der Waals surface area contributed by atoms with Gasteiger partial charge in [-0.1, -0.05) is 12.1 Å². The minimum absolute atomic E-state index is 0.118. The Morgan fingerprint density at radius 3 is 2.60 bits per heavy atom. The number of methoxy groups -OCH3 is 2. The molecule has 0 unspecified atom stereocenters. The van der Waals surface area contributed by atoms with E-state index in [1.54, 1.807) is 45.4 Å². The maximum absolute atomic E-state index is 12.3. The van der Waals surface area contributed by atoms with Crippen LogP contribution in [0.25, 0.3) is 0 Å². The first-order chi connectivity index (χ1) is 12.0. The molecule has 0 saturated heterocycles. The summed E-state index contributed by atoms with van der Waals surface area (Å²) in [6.45, 7) is 1.72. The quantitative estimate of drug-likeness (QED) is 0.613. The lowest BCUT2D eigenvalue weighted by atomic mass is 10.1. The number of anilines is 1. The number of nitro groups is 1. The Bertz CT molecular complexity index is 789. The lowest BCUT2D eigenvalue weighted by molar-refractivity contribution is -0.384. The lowest BCUT2D eigenvalue weighted by Gasteiger charge is -2.11. The number of nitro benzene ring substituents is 1. The molecule has 0 spiro atoms. The van der Waals surface area contributed by atoms with Crippen LogP contribution in [-0.4, -0.2) is 25.1 Å². The number of nitrogens with zero attached hydrogens (tertiary/aromatic N) is 1. The fraction of sp³-hybridized carbons (Fsp3) is 0.278. The van der Waals surface area contributed by atoms with Crippen molar-refractivity contribution in [3.8, 4) is 11.5 Å².